The lowest BCUT2D eigenvalue weighted by Gasteiger charge is -2.17. The Morgan fingerprint density at radius 1 is 1.29 bits per heavy atom. The molecule has 130 valence electrons. The van der Waals surface area contributed by atoms with Crippen molar-refractivity contribution in [2.75, 3.05) is 6.61 Å². The minimum Gasteiger partial charge on any atom is -0.492 e. The Morgan fingerprint density at radius 3 is 2.79 bits per heavy atom. The molecule has 1 aromatic heterocycles. The molecule has 4 nitrogen and oxygen atoms in total. The van der Waals surface area contributed by atoms with E-state index in [1.165, 1.54) is 6.42 Å². The van der Waals surface area contributed by atoms with Crippen LogP contribution in [0.2, 0.25) is 0 Å². The van der Waals surface area contributed by atoms with Crippen molar-refractivity contribution >= 4 is 27.5 Å². The van der Waals surface area contributed by atoms with Crippen molar-refractivity contribution in [1.82, 2.24) is 4.57 Å². The molecule has 0 saturated heterocycles. The van der Waals surface area contributed by atoms with Crippen molar-refractivity contribution in [2.45, 2.75) is 58.9 Å². The molecule has 1 heterocycles. The molecular formula is C19H26N2O2S. The maximum atomic E-state index is 12.6. The second kappa shape index (κ2) is 7.97. The summed E-state index contributed by atoms with van der Waals surface area (Å²) in [5, 5.41) is 0. The van der Waals surface area contributed by atoms with Crippen LogP contribution in [0, 0.1) is 5.92 Å². The number of aromatic nitrogens is 1. The highest BCUT2D eigenvalue weighted by Gasteiger charge is 2.21. The van der Waals surface area contributed by atoms with Crippen LogP contribution in [0.25, 0.3) is 10.2 Å². The van der Waals surface area contributed by atoms with Gasteiger partial charge < -0.3 is 9.30 Å². The Kier molecular flexibility index (Phi) is 5.72. The van der Waals surface area contributed by atoms with Gasteiger partial charge in [-0.2, -0.15) is 4.99 Å². The molecule has 0 bridgehead atoms. The second-order valence-corrected chi connectivity index (χ2v) is 7.37. The number of rotatable bonds is 5. The average Bonchev–Trinajstić information content (AvgIpc) is 2.95. The minimum atomic E-state index is 0.0593. The smallest absolute Gasteiger partial charge is 0.251 e. The number of hydrogen-bond acceptors (Lipinski definition) is 3. The van der Waals surface area contributed by atoms with Gasteiger partial charge in [0.1, 0.15) is 11.3 Å². The summed E-state index contributed by atoms with van der Waals surface area (Å²) in [5.74, 6) is 1.06. The van der Waals surface area contributed by atoms with Crippen molar-refractivity contribution in [3.63, 3.8) is 0 Å². The molecule has 2 aromatic rings. The SMILES string of the molecule is CCCn1c(=NC(=O)C2CCCCC2)sc2cccc(OCC)c21. The number of thiazole rings is 1. The first-order chi connectivity index (χ1) is 11.7. The van der Waals surface area contributed by atoms with E-state index in [9.17, 15) is 4.79 Å². The van der Waals surface area contributed by atoms with Crippen molar-refractivity contribution in [1.29, 1.82) is 0 Å². The van der Waals surface area contributed by atoms with Crippen molar-refractivity contribution in [2.24, 2.45) is 10.9 Å². The van der Waals surface area contributed by atoms with Crippen LogP contribution in [0.5, 0.6) is 5.75 Å². The fourth-order valence-corrected chi connectivity index (χ4v) is 4.50. The highest BCUT2D eigenvalue weighted by Crippen LogP contribution is 2.28. The van der Waals surface area contributed by atoms with Crippen molar-refractivity contribution in [3.05, 3.63) is 23.0 Å². The largest absolute Gasteiger partial charge is 0.492 e. The van der Waals surface area contributed by atoms with Crippen LogP contribution in [0.1, 0.15) is 52.4 Å². The Bertz CT molecular complexity index is 769. The third-order valence-electron chi connectivity index (χ3n) is 4.57. The summed E-state index contributed by atoms with van der Waals surface area (Å²) in [7, 11) is 0. The first-order valence-electron chi connectivity index (χ1n) is 9.08. The summed E-state index contributed by atoms with van der Waals surface area (Å²) in [6.45, 7) is 5.62. The zero-order valence-electron chi connectivity index (χ0n) is 14.6. The maximum absolute atomic E-state index is 12.6. The van der Waals surface area contributed by atoms with E-state index in [0.29, 0.717) is 6.61 Å². The number of ether oxygens (including phenoxy) is 1. The molecule has 0 aliphatic heterocycles. The van der Waals surface area contributed by atoms with E-state index in [2.05, 4.69) is 22.5 Å². The van der Waals surface area contributed by atoms with Gasteiger partial charge >= 0.3 is 0 Å². The molecule has 1 amide bonds. The number of nitrogens with zero attached hydrogens (tertiary/aromatic N) is 2. The van der Waals surface area contributed by atoms with Crippen LogP contribution in [0.3, 0.4) is 0 Å². The molecule has 24 heavy (non-hydrogen) atoms. The van der Waals surface area contributed by atoms with Crippen LogP contribution in [-0.4, -0.2) is 17.1 Å². The zero-order chi connectivity index (χ0) is 16.9. The Balaban J connectivity index is 2.06. The normalized spacial score (nSPS) is 16.7. The van der Waals surface area contributed by atoms with Crippen LogP contribution >= 0.6 is 11.3 Å². The van der Waals surface area contributed by atoms with Gasteiger partial charge in [-0.05, 0) is 38.3 Å². The van der Waals surface area contributed by atoms with E-state index < -0.39 is 0 Å². The highest BCUT2D eigenvalue weighted by molar-refractivity contribution is 7.16. The third kappa shape index (κ3) is 3.56. The summed E-state index contributed by atoms with van der Waals surface area (Å²) in [6, 6.07) is 6.09. The van der Waals surface area contributed by atoms with E-state index in [1.54, 1.807) is 11.3 Å². The molecule has 0 unspecified atom stereocenters. The van der Waals surface area contributed by atoms with Gasteiger partial charge in [0.25, 0.3) is 5.91 Å². The molecule has 0 radical (unpaired) electrons. The fourth-order valence-electron chi connectivity index (χ4n) is 3.42. The summed E-state index contributed by atoms with van der Waals surface area (Å²) in [5.41, 5.74) is 1.07. The Labute approximate surface area is 147 Å². The first kappa shape index (κ1) is 17.2. The molecule has 1 aliphatic carbocycles. The number of hydrogen-bond donors (Lipinski definition) is 0. The lowest BCUT2D eigenvalue weighted by Crippen LogP contribution is -2.22. The van der Waals surface area contributed by atoms with Gasteiger partial charge in [-0.15, -0.1) is 0 Å². The molecular weight excluding hydrogens is 320 g/mol. The van der Waals surface area contributed by atoms with Gasteiger partial charge in [0.15, 0.2) is 4.80 Å². The number of fused-ring (bicyclic) bond motifs is 1. The molecule has 0 N–H and O–H groups in total. The summed E-state index contributed by atoms with van der Waals surface area (Å²) in [4.78, 5) is 17.9. The van der Waals surface area contributed by atoms with Crippen LogP contribution in [-0.2, 0) is 11.3 Å². The summed E-state index contributed by atoms with van der Waals surface area (Å²) in [6.07, 6.45) is 6.54. The number of carbonyl (C=O) groups excluding carboxylic acids is 1. The third-order valence-corrected chi connectivity index (χ3v) is 5.61. The van der Waals surface area contributed by atoms with Gasteiger partial charge in [0.05, 0.1) is 11.3 Å². The van der Waals surface area contributed by atoms with Crippen molar-refractivity contribution < 1.29 is 9.53 Å². The van der Waals surface area contributed by atoms with Gasteiger partial charge in [-0.3, -0.25) is 4.79 Å². The van der Waals surface area contributed by atoms with E-state index in [0.717, 1.165) is 59.4 Å². The van der Waals surface area contributed by atoms with E-state index >= 15 is 0 Å². The number of aryl methyl sites for hydroxylation is 1. The van der Waals surface area contributed by atoms with Crippen LogP contribution in [0.15, 0.2) is 23.2 Å². The van der Waals surface area contributed by atoms with E-state index in [-0.39, 0.29) is 11.8 Å². The lowest BCUT2D eigenvalue weighted by molar-refractivity contribution is -0.122. The maximum Gasteiger partial charge on any atom is 0.251 e. The molecule has 1 aromatic carbocycles. The molecule has 0 atom stereocenters. The van der Waals surface area contributed by atoms with E-state index in [1.807, 2.05) is 19.1 Å². The van der Waals surface area contributed by atoms with Crippen molar-refractivity contribution in [3.8, 4) is 5.75 Å². The van der Waals surface area contributed by atoms with E-state index in [4.69, 9.17) is 4.74 Å². The minimum absolute atomic E-state index is 0.0593. The average molecular weight is 346 g/mol. The van der Waals surface area contributed by atoms with Crippen LogP contribution < -0.4 is 9.54 Å². The quantitative estimate of drug-likeness (QED) is 0.799. The number of benzene rings is 1. The predicted octanol–water partition coefficient (Wildman–Crippen LogP) is 4.52. The lowest BCUT2D eigenvalue weighted by atomic mass is 9.89. The second-order valence-electron chi connectivity index (χ2n) is 6.36. The standard InChI is InChI=1S/C19H26N2O2S/c1-3-13-21-17-15(23-4-2)11-8-12-16(17)24-19(21)20-18(22)14-9-6-5-7-10-14/h8,11-12,14H,3-7,9-10,13H2,1-2H3. The Hall–Kier alpha value is -1.62. The molecule has 1 fully saturated rings. The fraction of sp³-hybridized carbons (Fsp3) is 0.579. The highest BCUT2D eigenvalue weighted by atomic mass is 32.1. The number of amides is 1. The van der Waals surface area contributed by atoms with Gasteiger partial charge in [-0.1, -0.05) is 43.6 Å². The first-order valence-corrected chi connectivity index (χ1v) is 9.90. The summed E-state index contributed by atoms with van der Waals surface area (Å²) < 4.78 is 9.09. The molecule has 0 spiro atoms. The zero-order valence-corrected chi connectivity index (χ0v) is 15.4. The van der Waals surface area contributed by atoms with Crippen LogP contribution in [0.4, 0.5) is 0 Å². The monoisotopic (exact) mass is 346 g/mol. The Morgan fingerprint density at radius 2 is 2.08 bits per heavy atom. The summed E-state index contributed by atoms with van der Waals surface area (Å²) >= 11 is 1.59. The molecule has 1 saturated carbocycles. The van der Waals surface area contributed by atoms with Gasteiger partial charge in [0, 0.05) is 12.5 Å². The molecule has 5 heteroatoms. The van der Waals surface area contributed by atoms with Gasteiger partial charge in [0.2, 0.25) is 0 Å². The van der Waals surface area contributed by atoms with Gasteiger partial charge in [-0.25, -0.2) is 0 Å². The topological polar surface area (TPSA) is 43.6 Å². The number of carbonyl (C=O) groups is 1. The molecule has 3 rings (SSSR count). The predicted molar refractivity (Wildman–Crippen MR) is 98.4 cm³/mol. The number of para-hydroxylation sites is 1. The molecule has 1 aliphatic rings.